The Hall–Kier alpha value is -2.80. The molecule has 1 heterocycles. The monoisotopic (exact) mass is 343 g/mol. The Morgan fingerprint density at radius 2 is 1.88 bits per heavy atom. The van der Waals surface area contributed by atoms with E-state index in [2.05, 4.69) is 10.3 Å². The lowest BCUT2D eigenvalue weighted by Crippen LogP contribution is -2.32. The molecule has 5 nitrogen and oxygen atoms in total. The van der Waals surface area contributed by atoms with Crippen molar-refractivity contribution in [3.05, 3.63) is 75.0 Å². The molecule has 0 aliphatic heterocycles. The van der Waals surface area contributed by atoms with E-state index in [0.29, 0.717) is 10.9 Å². The molecule has 3 rings (SSSR count). The molecule has 0 saturated carbocycles. The van der Waals surface area contributed by atoms with E-state index < -0.39 is 0 Å². The molecule has 2 aromatic carbocycles. The number of amides is 1. The Balaban J connectivity index is 1.77. The van der Waals surface area contributed by atoms with Crippen LogP contribution in [0.25, 0.3) is 10.9 Å². The van der Waals surface area contributed by atoms with Crippen molar-refractivity contribution in [2.24, 2.45) is 0 Å². The number of halogens is 1. The number of hydrogen-bond acceptors (Lipinski definition) is 3. The van der Waals surface area contributed by atoms with Gasteiger partial charge in [-0.1, -0.05) is 24.3 Å². The van der Waals surface area contributed by atoms with Crippen LogP contribution in [-0.2, 0) is 17.9 Å². The number of hydrogen-bond donors (Lipinski definition) is 2. The zero-order valence-electron chi connectivity index (χ0n) is 12.6. The summed E-state index contributed by atoms with van der Waals surface area (Å²) in [6.07, 6.45) is 0. The lowest BCUT2D eigenvalue weighted by Gasteiger charge is -2.09. The van der Waals surface area contributed by atoms with Gasteiger partial charge >= 0.3 is 0 Å². The van der Waals surface area contributed by atoms with Crippen molar-refractivity contribution in [1.29, 1.82) is 0 Å². The number of H-pyrrole nitrogens is 1. The fourth-order valence-electron chi connectivity index (χ4n) is 2.34. The minimum atomic E-state index is -0.351. The summed E-state index contributed by atoms with van der Waals surface area (Å²) in [5, 5.41) is 3.16. The summed E-state index contributed by atoms with van der Waals surface area (Å²) in [4.78, 5) is 27.5. The van der Waals surface area contributed by atoms with Gasteiger partial charge in [-0.25, -0.2) is 4.39 Å². The fraction of sp³-hybridized carbons (Fsp3) is 0.118. The van der Waals surface area contributed by atoms with Gasteiger partial charge in [0.15, 0.2) is 4.77 Å². The molecule has 0 aliphatic rings. The van der Waals surface area contributed by atoms with Crippen LogP contribution in [0.15, 0.2) is 53.3 Å². The van der Waals surface area contributed by atoms with E-state index in [1.165, 1.54) is 16.7 Å². The van der Waals surface area contributed by atoms with Crippen molar-refractivity contribution in [1.82, 2.24) is 14.9 Å². The molecule has 0 aliphatic carbocycles. The molecule has 2 N–H and O–H groups in total. The molecule has 0 unspecified atom stereocenters. The number of fused-ring (bicyclic) bond motifs is 1. The van der Waals surface area contributed by atoms with Gasteiger partial charge in [0.2, 0.25) is 5.91 Å². The van der Waals surface area contributed by atoms with Crippen LogP contribution in [0.5, 0.6) is 0 Å². The number of rotatable bonds is 4. The molecule has 0 fully saturated rings. The predicted molar refractivity (Wildman–Crippen MR) is 91.6 cm³/mol. The van der Waals surface area contributed by atoms with Gasteiger partial charge in [-0.2, -0.15) is 0 Å². The lowest BCUT2D eigenvalue weighted by atomic mass is 10.2. The molecular weight excluding hydrogens is 329 g/mol. The highest BCUT2D eigenvalue weighted by molar-refractivity contribution is 7.71. The summed E-state index contributed by atoms with van der Waals surface area (Å²) in [6, 6.07) is 12.8. The number of nitrogens with one attached hydrogen (secondary N) is 2. The van der Waals surface area contributed by atoms with E-state index in [4.69, 9.17) is 12.2 Å². The van der Waals surface area contributed by atoms with Gasteiger partial charge in [0.05, 0.1) is 10.9 Å². The van der Waals surface area contributed by atoms with Gasteiger partial charge in [0.1, 0.15) is 12.4 Å². The van der Waals surface area contributed by atoms with E-state index in [-0.39, 0.29) is 35.1 Å². The average Bonchev–Trinajstić information content (AvgIpc) is 2.58. The van der Waals surface area contributed by atoms with Gasteiger partial charge in [0, 0.05) is 6.54 Å². The van der Waals surface area contributed by atoms with E-state index in [9.17, 15) is 14.0 Å². The molecule has 7 heteroatoms. The summed E-state index contributed by atoms with van der Waals surface area (Å²) in [5.41, 5.74) is 1.09. The normalized spacial score (nSPS) is 10.7. The number of carbonyl (C=O) groups excluding carboxylic acids is 1. The molecule has 1 aromatic heterocycles. The Kier molecular flexibility index (Phi) is 4.52. The van der Waals surface area contributed by atoms with Crippen molar-refractivity contribution in [2.75, 3.05) is 0 Å². The van der Waals surface area contributed by atoms with Crippen LogP contribution in [0.2, 0.25) is 0 Å². The van der Waals surface area contributed by atoms with Gasteiger partial charge in [-0.05, 0) is 42.0 Å². The Labute approximate surface area is 141 Å². The second kappa shape index (κ2) is 6.76. The van der Waals surface area contributed by atoms with Crippen molar-refractivity contribution in [3.8, 4) is 0 Å². The van der Waals surface area contributed by atoms with Crippen molar-refractivity contribution in [3.63, 3.8) is 0 Å². The van der Waals surface area contributed by atoms with Crippen LogP contribution < -0.4 is 10.9 Å². The highest BCUT2D eigenvalue weighted by atomic mass is 32.1. The summed E-state index contributed by atoms with van der Waals surface area (Å²) >= 11 is 5.16. The number of para-hydroxylation sites is 1. The first-order valence-electron chi connectivity index (χ1n) is 7.27. The average molecular weight is 343 g/mol. The quantitative estimate of drug-likeness (QED) is 0.716. The fourth-order valence-corrected chi connectivity index (χ4v) is 2.60. The summed E-state index contributed by atoms with van der Waals surface area (Å²) < 4.78 is 14.3. The highest BCUT2D eigenvalue weighted by Gasteiger charge is 2.09. The predicted octanol–water partition coefficient (Wildman–Crippen LogP) is 2.51. The minimum absolute atomic E-state index is 0.180. The molecule has 0 saturated heterocycles. The van der Waals surface area contributed by atoms with Crippen LogP contribution in [0.1, 0.15) is 5.56 Å². The first kappa shape index (κ1) is 16.1. The minimum Gasteiger partial charge on any atom is -0.350 e. The molecule has 0 radical (unpaired) electrons. The summed E-state index contributed by atoms with van der Waals surface area (Å²) in [6.45, 7) is 0.0676. The zero-order chi connectivity index (χ0) is 17.1. The summed E-state index contributed by atoms with van der Waals surface area (Å²) in [5.74, 6) is -0.685. The van der Waals surface area contributed by atoms with E-state index in [1.807, 2.05) is 0 Å². The first-order valence-corrected chi connectivity index (χ1v) is 7.68. The number of aromatic amines is 1. The van der Waals surface area contributed by atoms with E-state index >= 15 is 0 Å². The number of carbonyl (C=O) groups is 1. The lowest BCUT2D eigenvalue weighted by molar-refractivity contribution is -0.121. The Bertz CT molecular complexity index is 1010. The molecule has 0 bridgehead atoms. The standard InChI is InChI=1S/C17H14FN3O2S/c18-12-7-5-11(6-8-12)9-19-15(22)10-21-16(23)13-3-1-2-4-14(13)20-17(21)24/h1-8H,9-10H2,(H,19,22)(H,20,24). The topological polar surface area (TPSA) is 66.9 Å². The molecule has 122 valence electrons. The van der Waals surface area contributed by atoms with Crippen LogP contribution in [0.4, 0.5) is 4.39 Å². The maximum atomic E-state index is 12.8. The SMILES string of the molecule is O=C(Cn1c(=S)[nH]c2ccccc2c1=O)NCc1ccc(F)cc1. The van der Waals surface area contributed by atoms with Crippen LogP contribution >= 0.6 is 12.2 Å². The molecular formula is C17H14FN3O2S. The zero-order valence-corrected chi connectivity index (χ0v) is 13.4. The van der Waals surface area contributed by atoms with Crippen molar-refractivity contribution < 1.29 is 9.18 Å². The molecule has 3 aromatic rings. The number of aromatic nitrogens is 2. The van der Waals surface area contributed by atoms with E-state index in [0.717, 1.165) is 5.56 Å². The molecule has 0 atom stereocenters. The van der Waals surface area contributed by atoms with Crippen LogP contribution in [0, 0.1) is 10.6 Å². The second-order valence-corrected chi connectivity index (χ2v) is 5.66. The van der Waals surface area contributed by atoms with Gasteiger partial charge in [-0.3, -0.25) is 14.2 Å². The third kappa shape index (κ3) is 3.41. The third-order valence-electron chi connectivity index (χ3n) is 3.59. The van der Waals surface area contributed by atoms with Crippen molar-refractivity contribution >= 4 is 29.0 Å². The maximum Gasteiger partial charge on any atom is 0.262 e. The van der Waals surface area contributed by atoms with Crippen molar-refractivity contribution in [2.45, 2.75) is 13.1 Å². The van der Waals surface area contributed by atoms with Gasteiger partial charge in [0.25, 0.3) is 5.56 Å². The molecule has 0 spiro atoms. The highest BCUT2D eigenvalue weighted by Crippen LogP contribution is 2.06. The number of nitrogens with zero attached hydrogens (tertiary/aromatic N) is 1. The third-order valence-corrected chi connectivity index (χ3v) is 3.92. The number of benzene rings is 2. The first-order chi connectivity index (χ1) is 11.5. The van der Waals surface area contributed by atoms with Gasteiger partial charge < -0.3 is 10.3 Å². The van der Waals surface area contributed by atoms with E-state index in [1.54, 1.807) is 36.4 Å². The summed E-state index contributed by atoms with van der Waals surface area (Å²) in [7, 11) is 0. The Morgan fingerprint density at radius 3 is 2.62 bits per heavy atom. The van der Waals surface area contributed by atoms with Gasteiger partial charge in [-0.15, -0.1) is 0 Å². The Morgan fingerprint density at radius 1 is 1.17 bits per heavy atom. The maximum absolute atomic E-state index is 12.8. The largest absolute Gasteiger partial charge is 0.350 e. The van der Waals surface area contributed by atoms with Crippen LogP contribution in [-0.4, -0.2) is 15.5 Å². The second-order valence-electron chi connectivity index (χ2n) is 5.27. The molecule has 1 amide bonds. The van der Waals surface area contributed by atoms with Crippen LogP contribution in [0.3, 0.4) is 0 Å². The molecule has 24 heavy (non-hydrogen) atoms. The smallest absolute Gasteiger partial charge is 0.262 e.